The maximum atomic E-state index is 12.5. The van der Waals surface area contributed by atoms with Crippen LogP contribution in [0.1, 0.15) is 114 Å². The Hall–Kier alpha value is -0.900. The molecule has 0 spiro atoms. The fraction of sp³-hybridized carbons (Fsp3) is 0.917. The third-order valence-electron chi connectivity index (χ3n) is 4.87. The molecule has 0 bridgehead atoms. The summed E-state index contributed by atoms with van der Waals surface area (Å²) in [6.45, 7) is 20.9. The van der Waals surface area contributed by atoms with Crippen molar-refractivity contribution in [2.75, 3.05) is 6.61 Å². The van der Waals surface area contributed by atoms with Gasteiger partial charge in [0.25, 0.3) is 0 Å². The predicted molar refractivity (Wildman–Crippen MR) is 116 cm³/mol. The highest BCUT2D eigenvalue weighted by molar-refractivity contribution is 5.86. The Kier molecular flexibility index (Phi) is 10.4. The maximum Gasteiger partial charge on any atom is 0.306 e. The monoisotopic (exact) mass is 398 g/mol. The third kappa shape index (κ3) is 14.1. The molecule has 0 unspecified atom stereocenters. The number of ether oxygens (including phenoxy) is 2. The van der Waals surface area contributed by atoms with Gasteiger partial charge in [0.15, 0.2) is 5.78 Å². The normalized spacial score (nSPS) is 13.5. The molecule has 4 heteroatoms. The van der Waals surface area contributed by atoms with Gasteiger partial charge >= 0.3 is 5.97 Å². The lowest BCUT2D eigenvalue weighted by molar-refractivity contribution is -0.161. The molecular formula is C24H46O4. The zero-order valence-electron chi connectivity index (χ0n) is 20.3. The Bertz CT molecular complexity index is 490. The molecular weight excluding hydrogens is 352 g/mol. The first-order valence-corrected chi connectivity index (χ1v) is 10.8. The van der Waals surface area contributed by atoms with Gasteiger partial charge in [0, 0.05) is 19.3 Å². The van der Waals surface area contributed by atoms with Crippen LogP contribution in [-0.2, 0) is 19.1 Å². The zero-order valence-corrected chi connectivity index (χ0v) is 20.3. The van der Waals surface area contributed by atoms with Crippen LogP contribution < -0.4 is 0 Å². The Morgan fingerprint density at radius 2 is 1.14 bits per heavy atom. The van der Waals surface area contributed by atoms with Gasteiger partial charge in [-0.25, -0.2) is 0 Å². The standard InChI is InChI=1S/C24H46O4/c1-21(2,3)15-11-13-19(25)24(9,10)27-18-17-23(7,8)28-20(26)14-12-16-22(4,5)6/h11-18H2,1-10H3. The first-order chi connectivity index (χ1) is 12.4. The first-order valence-electron chi connectivity index (χ1n) is 10.8. The molecule has 0 aliphatic heterocycles. The lowest BCUT2D eigenvalue weighted by Crippen LogP contribution is -2.37. The quantitative estimate of drug-likeness (QED) is 0.352. The van der Waals surface area contributed by atoms with E-state index in [0.29, 0.717) is 25.9 Å². The molecule has 166 valence electrons. The van der Waals surface area contributed by atoms with E-state index in [1.54, 1.807) is 0 Å². The predicted octanol–water partition coefficient (Wildman–Crippen LogP) is 6.50. The Morgan fingerprint density at radius 1 is 0.679 bits per heavy atom. The minimum atomic E-state index is -0.801. The average molecular weight is 399 g/mol. The molecule has 4 nitrogen and oxygen atoms in total. The van der Waals surface area contributed by atoms with E-state index < -0.39 is 11.2 Å². The van der Waals surface area contributed by atoms with Crippen LogP contribution in [0.3, 0.4) is 0 Å². The molecule has 0 atom stereocenters. The van der Waals surface area contributed by atoms with Gasteiger partial charge in [0.05, 0.1) is 6.61 Å². The minimum absolute atomic E-state index is 0.133. The largest absolute Gasteiger partial charge is 0.460 e. The number of hydrogen-bond donors (Lipinski definition) is 0. The lowest BCUT2D eigenvalue weighted by atomic mass is 9.88. The molecule has 0 aromatic carbocycles. The summed E-state index contributed by atoms with van der Waals surface area (Å²) in [5.41, 5.74) is -0.921. The van der Waals surface area contributed by atoms with Gasteiger partial charge in [-0.3, -0.25) is 9.59 Å². The van der Waals surface area contributed by atoms with E-state index in [0.717, 1.165) is 25.7 Å². The number of carbonyl (C=O) groups excluding carboxylic acids is 2. The summed E-state index contributed by atoms with van der Waals surface area (Å²) < 4.78 is 11.5. The highest BCUT2D eigenvalue weighted by atomic mass is 16.6. The van der Waals surface area contributed by atoms with Gasteiger partial charge in [-0.05, 0) is 64.2 Å². The SMILES string of the molecule is CC(C)(C)CCCC(=O)OC(C)(C)CCOC(C)(C)C(=O)CCCC(C)(C)C. The second kappa shape index (κ2) is 10.8. The van der Waals surface area contributed by atoms with E-state index in [9.17, 15) is 9.59 Å². The number of ketones is 1. The van der Waals surface area contributed by atoms with Gasteiger partial charge in [-0.2, -0.15) is 0 Å². The molecule has 0 aliphatic rings. The fourth-order valence-corrected chi connectivity index (χ4v) is 2.89. The van der Waals surface area contributed by atoms with Crippen molar-refractivity contribution in [3.05, 3.63) is 0 Å². The van der Waals surface area contributed by atoms with Gasteiger partial charge in [0.1, 0.15) is 11.2 Å². The van der Waals surface area contributed by atoms with Gasteiger partial charge in [0.2, 0.25) is 0 Å². The van der Waals surface area contributed by atoms with Crippen LogP contribution in [0, 0.1) is 10.8 Å². The highest BCUT2D eigenvalue weighted by Gasteiger charge is 2.30. The van der Waals surface area contributed by atoms with Crippen molar-refractivity contribution >= 4 is 11.8 Å². The van der Waals surface area contributed by atoms with E-state index in [1.165, 1.54) is 0 Å². The van der Waals surface area contributed by atoms with Crippen LogP contribution in [0.25, 0.3) is 0 Å². The third-order valence-corrected chi connectivity index (χ3v) is 4.87. The fourth-order valence-electron chi connectivity index (χ4n) is 2.89. The summed E-state index contributed by atoms with van der Waals surface area (Å²) in [6.07, 6.45) is 5.29. The molecule has 28 heavy (non-hydrogen) atoms. The number of Topliss-reactive ketones (excluding diaryl/α,β-unsaturated/α-hetero) is 1. The second-order valence-corrected chi connectivity index (χ2v) is 11.6. The van der Waals surface area contributed by atoms with E-state index in [2.05, 4.69) is 41.5 Å². The van der Waals surface area contributed by atoms with Gasteiger partial charge in [-0.15, -0.1) is 0 Å². The van der Waals surface area contributed by atoms with E-state index in [1.807, 2.05) is 27.7 Å². The molecule has 0 aromatic heterocycles. The lowest BCUT2D eigenvalue weighted by Gasteiger charge is -2.29. The molecule has 0 radical (unpaired) electrons. The average Bonchev–Trinajstić information content (AvgIpc) is 2.42. The smallest absolute Gasteiger partial charge is 0.306 e. The van der Waals surface area contributed by atoms with Crippen molar-refractivity contribution in [1.29, 1.82) is 0 Å². The molecule has 0 amide bonds. The van der Waals surface area contributed by atoms with Crippen molar-refractivity contribution in [2.24, 2.45) is 10.8 Å². The van der Waals surface area contributed by atoms with Crippen LogP contribution >= 0.6 is 0 Å². The zero-order chi connectivity index (χ0) is 22.2. The maximum absolute atomic E-state index is 12.5. The van der Waals surface area contributed by atoms with Crippen LogP contribution in [0.5, 0.6) is 0 Å². The molecule has 0 aromatic rings. The Labute approximate surface area is 174 Å². The van der Waals surface area contributed by atoms with Crippen molar-refractivity contribution < 1.29 is 19.1 Å². The topological polar surface area (TPSA) is 52.6 Å². The summed E-state index contributed by atoms with van der Waals surface area (Å²) >= 11 is 0. The first kappa shape index (κ1) is 27.1. The van der Waals surface area contributed by atoms with Crippen molar-refractivity contribution in [3.63, 3.8) is 0 Å². The second-order valence-electron chi connectivity index (χ2n) is 11.6. The van der Waals surface area contributed by atoms with Crippen molar-refractivity contribution in [1.82, 2.24) is 0 Å². The number of carbonyl (C=O) groups is 2. The molecule has 0 saturated carbocycles. The van der Waals surface area contributed by atoms with Gasteiger partial charge in [-0.1, -0.05) is 41.5 Å². The van der Waals surface area contributed by atoms with Crippen molar-refractivity contribution in [2.45, 2.75) is 125 Å². The summed E-state index contributed by atoms with van der Waals surface area (Å²) in [6, 6.07) is 0. The number of rotatable bonds is 12. The Morgan fingerprint density at radius 3 is 1.61 bits per heavy atom. The molecule has 0 rings (SSSR count). The molecule has 0 N–H and O–H groups in total. The summed E-state index contributed by atoms with van der Waals surface area (Å²) in [5.74, 6) is -0.0273. The highest BCUT2D eigenvalue weighted by Crippen LogP contribution is 2.25. The van der Waals surface area contributed by atoms with Crippen LogP contribution in [0.2, 0.25) is 0 Å². The van der Waals surface area contributed by atoms with E-state index in [4.69, 9.17) is 9.47 Å². The van der Waals surface area contributed by atoms with Crippen molar-refractivity contribution in [3.8, 4) is 0 Å². The molecule has 0 saturated heterocycles. The van der Waals surface area contributed by atoms with Crippen LogP contribution in [0.15, 0.2) is 0 Å². The van der Waals surface area contributed by atoms with Crippen LogP contribution in [-0.4, -0.2) is 29.6 Å². The van der Waals surface area contributed by atoms with E-state index >= 15 is 0 Å². The summed E-state index contributed by atoms with van der Waals surface area (Å²) in [7, 11) is 0. The molecule has 0 aliphatic carbocycles. The summed E-state index contributed by atoms with van der Waals surface area (Å²) in [5, 5.41) is 0. The van der Waals surface area contributed by atoms with Gasteiger partial charge < -0.3 is 9.47 Å². The molecule has 0 fully saturated rings. The number of esters is 1. The Balaban J connectivity index is 4.28. The summed E-state index contributed by atoms with van der Waals surface area (Å²) in [4.78, 5) is 24.6. The minimum Gasteiger partial charge on any atom is -0.460 e. The number of hydrogen-bond acceptors (Lipinski definition) is 4. The van der Waals surface area contributed by atoms with E-state index in [-0.39, 0.29) is 22.6 Å². The van der Waals surface area contributed by atoms with Crippen LogP contribution in [0.4, 0.5) is 0 Å². The molecule has 0 heterocycles.